The van der Waals surface area contributed by atoms with Crippen LogP contribution in [0, 0.1) is 17.8 Å². The van der Waals surface area contributed by atoms with Crippen LogP contribution in [-0.4, -0.2) is 61.4 Å². The number of likely N-dealkylation sites (tertiary alicyclic amines) is 1. The van der Waals surface area contributed by atoms with Gasteiger partial charge in [-0.15, -0.1) is 0 Å². The van der Waals surface area contributed by atoms with Gasteiger partial charge in [-0.1, -0.05) is 24.0 Å². The highest BCUT2D eigenvalue weighted by Crippen LogP contribution is 2.33. The number of anilines is 1. The van der Waals surface area contributed by atoms with E-state index in [4.69, 9.17) is 15.2 Å². The monoisotopic (exact) mass is 503 g/mol. The molecule has 0 radical (unpaired) electrons. The number of para-hydroxylation sites is 1. The third-order valence-electron chi connectivity index (χ3n) is 6.64. The van der Waals surface area contributed by atoms with Crippen LogP contribution in [0.5, 0.6) is 5.75 Å². The highest BCUT2D eigenvalue weighted by atomic mass is 16.6. The molecule has 9 heteroatoms. The molecule has 9 nitrogen and oxygen atoms in total. The number of aromatic nitrogens is 3. The largest absolute Gasteiger partial charge is 0.507 e. The van der Waals surface area contributed by atoms with Gasteiger partial charge in [0.25, 0.3) is 0 Å². The van der Waals surface area contributed by atoms with Crippen LogP contribution in [0.1, 0.15) is 52.0 Å². The Morgan fingerprint density at radius 1 is 1.11 bits per heavy atom. The highest BCUT2D eigenvalue weighted by Gasteiger charge is 2.33. The number of fused-ring (bicyclic) bond motifs is 1. The van der Waals surface area contributed by atoms with E-state index in [0.29, 0.717) is 41.5 Å². The highest BCUT2D eigenvalue weighted by molar-refractivity contribution is 5.69. The van der Waals surface area contributed by atoms with Crippen LogP contribution in [0.25, 0.3) is 17.0 Å². The molecule has 1 aliphatic heterocycles. The molecule has 0 unspecified atom stereocenters. The van der Waals surface area contributed by atoms with Crippen molar-refractivity contribution < 1.29 is 19.4 Å². The summed E-state index contributed by atoms with van der Waals surface area (Å²) in [7, 11) is 0. The van der Waals surface area contributed by atoms with Crippen molar-refractivity contribution in [2.24, 2.45) is 5.92 Å². The molecular formula is C28H33N5O4. The summed E-state index contributed by atoms with van der Waals surface area (Å²) >= 11 is 0. The van der Waals surface area contributed by atoms with Gasteiger partial charge in [0.1, 0.15) is 17.2 Å². The number of hydrogen-bond donors (Lipinski definition) is 2. The molecule has 5 rings (SSSR count). The van der Waals surface area contributed by atoms with Crippen molar-refractivity contribution in [3.8, 4) is 28.8 Å². The molecule has 0 spiro atoms. The van der Waals surface area contributed by atoms with Crippen molar-refractivity contribution in [3.05, 3.63) is 42.2 Å². The predicted octanol–water partition coefficient (Wildman–Crippen LogP) is 4.23. The van der Waals surface area contributed by atoms with Crippen LogP contribution in [0.2, 0.25) is 0 Å². The number of benzene rings is 1. The molecule has 194 valence electrons. The second kappa shape index (κ2) is 9.94. The van der Waals surface area contributed by atoms with Crippen molar-refractivity contribution in [1.82, 2.24) is 19.3 Å². The standard InChI is InChI=1S/C28H33N5O4/c1-28(2,3)37-27(35)32-12-10-20(11-13-32)36-21-14-18(15-21)8-9-19-16-33-17-23(30-26(33)31-25(19)29)22-6-4-5-7-24(22)34/h4-7,16-18,20-21,34H,10-15H2,1-3H3,(H2,29,30,31). The second-order valence-electron chi connectivity index (χ2n) is 10.8. The Morgan fingerprint density at radius 3 is 2.54 bits per heavy atom. The van der Waals surface area contributed by atoms with Crippen molar-refractivity contribution in [1.29, 1.82) is 0 Å². The van der Waals surface area contributed by atoms with E-state index >= 15 is 0 Å². The quantitative estimate of drug-likeness (QED) is 0.514. The number of aromatic hydroxyl groups is 1. The molecule has 2 aromatic heterocycles. The number of nitrogens with zero attached hydrogens (tertiary/aromatic N) is 4. The summed E-state index contributed by atoms with van der Waals surface area (Å²) in [5.74, 6) is 7.68. The van der Waals surface area contributed by atoms with Crippen LogP contribution < -0.4 is 5.73 Å². The average Bonchev–Trinajstić information content (AvgIpc) is 3.22. The molecule has 0 atom stereocenters. The van der Waals surface area contributed by atoms with Gasteiger partial charge in [-0.2, -0.15) is 4.98 Å². The summed E-state index contributed by atoms with van der Waals surface area (Å²) in [6, 6.07) is 7.05. The van der Waals surface area contributed by atoms with E-state index in [9.17, 15) is 9.90 Å². The maximum atomic E-state index is 12.2. The Balaban J connectivity index is 1.13. The summed E-state index contributed by atoms with van der Waals surface area (Å²) in [6.07, 6.45) is 7.17. The second-order valence-corrected chi connectivity index (χ2v) is 10.8. The fourth-order valence-corrected chi connectivity index (χ4v) is 4.60. The molecule has 0 bridgehead atoms. The molecule has 1 saturated heterocycles. The molecule has 3 N–H and O–H groups in total. The van der Waals surface area contributed by atoms with Crippen LogP contribution in [-0.2, 0) is 9.47 Å². The molecule has 1 saturated carbocycles. The Bertz CT molecular complexity index is 1350. The summed E-state index contributed by atoms with van der Waals surface area (Å²) in [4.78, 5) is 22.9. The number of hydrogen-bond acceptors (Lipinski definition) is 7. The normalized spacial score (nSPS) is 20.2. The van der Waals surface area contributed by atoms with Gasteiger partial charge < -0.3 is 25.2 Å². The van der Waals surface area contributed by atoms with E-state index in [-0.39, 0.29) is 30.0 Å². The van der Waals surface area contributed by atoms with Gasteiger partial charge in [0.05, 0.1) is 23.5 Å². The molecule has 2 aliphatic rings. The average molecular weight is 504 g/mol. The van der Waals surface area contributed by atoms with Gasteiger partial charge in [0.15, 0.2) is 0 Å². The van der Waals surface area contributed by atoms with Gasteiger partial charge >= 0.3 is 6.09 Å². The van der Waals surface area contributed by atoms with Crippen molar-refractivity contribution in [2.45, 2.75) is 64.3 Å². The lowest BCUT2D eigenvalue weighted by Crippen LogP contribution is -2.45. The first kappa shape index (κ1) is 24.9. The smallest absolute Gasteiger partial charge is 0.410 e. The molecule has 1 aromatic carbocycles. The van der Waals surface area contributed by atoms with E-state index in [2.05, 4.69) is 21.8 Å². The van der Waals surface area contributed by atoms with E-state index in [1.54, 1.807) is 27.5 Å². The number of rotatable bonds is 3. The summed E-state index contributed by atoms with van der Waals surface area (Å²) in [5.41, 5.74) is 7.57. The minimum atomic E-state index is -0.479. The first-order valence-electron chi connectivity index (χ1n) is 12.7. The topological polar surface area (TPSA) is 115 Å². The third kappa shape index (κ3) is 5.81. The number of phenolic OH excluding ortho intramolecular Hbond substituents is 1. The molecular weight excluding hydrogens is 470 g/mol. The number of imidazole rings is 1. The Hall–Kier alpha value is -3.77. The number of piperidine rings is 1. The van der Waals surface area contributed by atoms with Gasteiger partial charge in [-0.25, -0.2) is 9.78 Å². The SMILES string of the molecule is CC(C)(C)OC(=O)N1CCC(OC2CC(C#Cc3cn4cc(-c5ccccc5O)nc4nc3N)C2)CC1. The zero-order valence-corrected chi connectivity index (χ0v) is 21.5. The molecule has 3 aromatic rings. The third-order valence-corrected chi connectivity index (χ3v) is 6.64. The summed E-state index contributed by atoms with van der Waals surface area (Å²) in [6.45, 7) is 6.96. The van der Waals surface area contributed by atoms with Crippen molar-refractivity contribution in [3.63, 3.8) is 0 Å². The number of carbonyl (C=O) groups excluding carboxylic acids is 1. The molecule has 1 aliphatic carbocycles. The number of carbonyl (C=O) groups is 1. The summed E-state index contributed by atoms with van der Waals surface area (Å²) < 4.78 is 13.5. The zero-order valence-electron chi connectivity index (χ0n) is 21.5. The van der Waals surface area contributed by atoms with Crippen LogP contribution in [0.4, 0.5) is 10.6 Å². The molecule has 1 amide bonds. The summed E-state index contributed by atoms with van der Waals surface area (Å²) in [5, 5.41) is 10.1. The fourth-order valence-electron chi connectivity index (χ4n) is 4.60. The van der Waals surface area contributed by atoms with E-state index in [1.165, 1.54) is 0 Å². The Morgan fingerprint density at radius 2 is 1.84 bits per heavy atom. The minimum absolute atomic E-state index is 0.161. The molecule has 3 heterocycles. The van der Waals surface area contributed by atoms with Gasteiger partial charge in [-0.05, 0) is 58.6 Å². The lowest BCUT2D eigenvalue weighted by Gasteiger charge is -2.38. The molecule has 2 fully saturated rings. The van der Waals surface area contributed by atoms with Crippen molar-refractivity contribution in [2.75, 3.05) is 18.8 Å². The zero-order chi connectivity index (χ0) is 26.2. The predicted molar refractivity (Wildman–Crippen MR) is 140 cm³/mol. The van der Waals surface area contributed by atoms with E-state index in [1.807, 2.05) is 39.2 Å². The Labute approximate surface area is 216 Å². The first-order valence-corrected chi connectivity index (χ1v) is 12.7. The number of amides is 1. The minimum Gasteiger partial charge on any atom is -0.507 e. The van der Waals surface area contributed by atoms with E-state index < -0.39 is 5.60 Å². The van der Waals surface area contributed by atoms with Crippen LogP contribution in [0.15, 0.2) is 36.7 Å². The maximum Gasteiger partial charge on any atom is 0.410 e. The molecule has 37 heavy (non-hydrogen) atoms. The van der Waals surface area contributed by atoms with Crippen LogP contribution in [0.3, 0.4) is 0 Å². The lowest BCUT2D eigenvalue weighted by molar-refractivity contribution is -0.0848. The van der Waals surface area contributed by atoms with Crippen LogP contribution >= 0.6 is 0 Å². The number of nitrogen functional groups attached to an aromatic ring is 1. The number of nitrogens with two attached hydrogens (primary N) is 1. The lowest BCUT2D eigenvalue weighted by atomic mass is 9.82. The Kier molecular flexibility index (Phi) is 6.69. The first-order chi connectivity index (χ1) is 17.6. The fraction of sp³-hybridized carbons (Fsp3) is 0.464. The van der Waals surface area contributed by atoms with Gasteiger partial charge in [0.2, 0.25) is 5.78 Å². The van der Waals surface area contributed by atoms with Crippen molar-refractivity contribution >= 4 is 17.7 Å². The van der Waals surface area contributed by atoms with Gasteiger partial charge in [0, 0.05) is 37.0 Å². The number of phenols is 1. The number of ether oxygens (including phenoxy) is 2. The maximum absolute atomic E-state index is 12.2. The van der Waals surface area contributed by atoms with Gasteiger partial charge in [-0.3, -0.25) is 4.40 Å². The van der Waals surface area contributed by atoms with E-state index in [0.717, 1.165) is 25.7 Å².